The minimum absolute atomic E-state index is 0.0230. The Bertz CT molecular complexity index is 1030. The molecule has 0 spiro atoms. The molecule has 1 N–H and O–H groups in total. The molecule has 1 aromatic heterocycles. The number of pyridine rings is 1. The lowest BCUT2D eigenvalue weighted by Crippen LogP contribution is -2.47. The fourth-order valence-electron chi connectivity index (χ4n) is 3.79. The first kappa shape index (κ1) is 20.6. The third kappa shape index (κ3) is 4.74. The van der Waals surface area contributed by atoms with E-state index < -0.39 is 0 Å². The van der Waals surface area contributed by atoms with Crippen LogP contribution in [0, 0.1) is 6.92 Å². The number of amides is 1. The largest absolute Gasteiger partial charge is 0.490 e. The van der Waals surface area contributed by atoms with Gasteiger partial charge in [0, 0.05) is 30.4 Å². The second-order valence-corrected chi connectivity index (χ2v) is 8.26. The predicted molar refractivity (Wildman–Crippen MR) is 121 cm³/mol. The van der Waals surface area contributed by atoms with Crippen molar-refractivity contribution in [3.8, 4) is 5.75 Å². The number of hydrogen-bond acceptors (Lipinski definition) is 4. The summed E-state index contributed by atoms with van der Waals surface area (Å²) in [6.45, 7) is 5.64. The van der Waals surface area contributed by atoms with Gasteiger partial charge in [-0.15, -0.1) is 0 Å². The van der Waals surface area contributed by atoms with Crippen LogP contribution in [0.5, 0.6) is 5.75 Å². The average Bonchev–Trinajstić information content (AvgIpc) is 2.76. The zero-order valence-electron chi connectivity index (χ0n) is 17.3. The van der Waals surface area contributed by atoms with E-state index in [9.17, 15) is 4.79 Å². The first-order valence-corrected chi connectivity index (χ1v) is 10.7. The van der Waals surface area contributed by atoms with Crippen molar-refractivity contribution in [1.82, 2.24) is 9.88 Å². The lowest BCUT2D eigenvalue weighted by molar-refractivity contribution is -0.121. The number of aryl methyl sites for hydroxylation is 1. The number of ether oxygens (including phenoxy) is 1. The summed E-state index contributed by atoms with van der Waals surface area (Å²) >= 11 is 6.28. The van der Waals surface area contributed by atoms with Crippen LogP contribution >= 0.6 is 11.6 Å². The molecule has 0 bridgehead atoms. The van der Waals surface area contributed by atoms with E-state index in [-0.39, 0.29) is 18.1 Å². The first-order valence-electron chi connectivity index (χ1n) is 10.3. The van der Waals surface area contributed by atoms with Gasteiger partial charge in [-0.3, -0.25) is 14.7 Å². The number of rotatable bonds is 5. The van der Waals surface area contributed by atoms with Crippen LogP contribution in [0.15, 0.2) is 54.7 Å². The highest BCUT2D eigenvalue weighted by molar-refractivity contribution is 6.35. The van der Waals surface area contributed by atoms with Crippen molar-refractivity contribution in [3.05, 3.63) is 65.3 Å². The molecule has 2 aromatic carbocycles. The summed E-state index contributed by atoms with van der Waals surface area (Å²) < 4.78 is 6.20. The summed E-state index contributed by atoms with van der Waals surface area (Å²) in [4.78, 5) is 19.2. The zero-order chi connectivity index (χ0) is 21.1. The smallest absolute Gasteiger partial charge is 0.241 e. The van der Waals surface area contributed by atoms with Gasteiger partial charge in [-0.2, -0.15) is 0 Å². The number of fused-ring (bicyclic) bond motifs is 1. The number of nitrogens with one attached hydrogen (secondary N) is 1. The summed E-state index contributed by atoms with van der Waals surface area (Å²) in [5.41, 5.74) is 2.87. The number of carbonyl (C=O) groups is 1. The van der Waals surface area contributed by atoms with Crippen molar-refractivity contribution in [1.29, 1.82) is 0 Å². The van der Waals surface area contributed by atoms with E-state index in [1.165, 1.54) is 5.56 Å². The molecule has 4 rings (SSSR count). The molecule has 2 heterocycles. The molecule has 1 saturated heterocycles. The Labute approximate surface area is 182 Å². The van der Waals surface area contributed by atoms with Crippen molar-refractivity contribution < 1.29 is 9.53 Å². The third-order valence-corrected chi connectivity index (χ3v) is 6.01. The van der Waals surface area contributed by atoms with Gasteiger partial charge in [0.25, 0.3) is 0 Å². The molecule has 1 aliphatic rings. The molecule has 0 radical (unpaired) electrons. The minimum Gasteiger partial charge on any atom is -0.490 e. The normalized spacial score (nSPS) is 16.4. The van der Waals surface area contributed by atoms with Crippen LogP contribution in [0.1, 0.15) is 25.3 Å². The number of benzene rings is 2. The number of anilines is 1. The van der Waals surface area contributed by atoms with Crippen LogP contribution in [0.25, 0.3) is 10.9 Å². The molecule has 1 amide bonds. The van der Waals surface area contributed by atoms with Crippen molar-refractivity contribution in [2.45, 2.75) is 38.8 Å². The van der Waals surface area contributed by atoms with Gasteiger partial charge in [0.15, 0.2) is 0 Å². The van der Waals surface area contributed by atoms with Crippen LogP contribution in [-0.4, -0.2) is 41.0 Å². The first-order chi connectivity index (χ1) is 14.5. The molecule has 0 aliphatic carbocycles. The highest BCUT2D eigenvalue weighted by Gasteiger charge is 2.27. The fourth-order valence-corrected chi connectivity index (χ4v) is 4.00. The SMILES string of the molecule is Cc1ccc(NC(=O)C(C)N2CCC(Oc3ccc4nccc(Cl)c4c3)CC2)cc1. The molecular weight excluding hydrogens is 398 g/mol. The number of likely N-dealkylation sites (tertiary alicyclic amines) is 1. The maximum atomic E-state index is 12.6. The van der Waals surface area contributed by atoms with E-state index in [0.29, 0.717) is 5.02 Å². The van der Waals surface area contributed by atoms with Crippen LogP contribution in [-0.2, 0) is 4.79 Å². The summed E-state index contributed by atoms with van der Waals surface area (Å²) in [5.74, 6) is 0.830. The Morgan fingerprint density at radius 1 is 1.17 bits per heavy atom. The van der Waals surface area contributed by atoms with E-state index in [1.807, 2.05) is 56.3 Å². The number of halogens is 1. The molecule has 30 heavy (non-hydrogen) atoms. The maximum absolute atomic E-state index is 12.6. The van der Waals surface area contributed by atoms with Gasteiger partial charge < -0.3 is 10.1 Å². The molecule has 6 heteroatoms. The van der Waals surface area contributed by atoms with E-state index in [1.54, 1.807) is 12.3 Å². The van der Waals surface area contributed by atoms with Crippen LogP contribution in [0.4, 0.5) is 5.69 Å². The lowest BCUT2D eigenvalue weighted by Gasteiger charge is -2.35. The number of hydrogen-bond donors (Lipinski definition) is 1. The summed E-state index contributed by atoms with van der Waals surface area (Å²) in [5, 5.41) is 4.58. The van der Waals surface area contributed by atoms with E-state index in [2.05, 4.69) is 15.2 Å². The second kappa shape index (κ2) is 9.02. The van der Waals surface area contributed by atoms with Crippen LogP contribution < -0.4 is 10.1 Å². The fraction of sp³-hybridized carbons (Fsp3) is 0.333. The lowest BCUT2D eigenvalue weighted by atomic mass is 10.1. The Kier molecular flexibility index (Phi) is 6.21. The molecular formula is C24H26ClN3O2. The minimum atomic E-state index is -0.183. The predicted octanol–water partition coefficient (Wildman–Crippen LogP) is 5.07. The zero-order valence-corrected chi connectivity index (χ0v) is 18.0. The van der Waals surface area contributed by atoms with Gasteiger partial charge in [0.1, 0.15) is 11.9 Å². The third-order valence-electron chi connectivity index (χ3n) is 5.69. The highest BCUT2D eigenvalue weighted by atomic mass is 35.5. The Morgan fingerprint density at radius 2 is 1.90 bits per heavy atom. The summed E-state index contributed by atoms with van der Waals surface area (Å²) in [7, 11) is 0. The second-order valence-electron chi connectivity index (χ2n) is 7.86. The molecule has 156 valence electrons. The Hall–Kier alpha value is -2.63. The molecule has 0 saturated carbocycles. The van der Waals surface area contributed by atoms with Gasteiger partial charge in [-0.05, 0) is 63.1 Å². The van der Waals surface area contributed by atoms with Crippen molar-refractivity contribution in [3.63, 3.8) is 0 Å². The standard InChI is InChI=1S/C24H26ClN3O2/c1-16-3-5-18(6-4-16)27-24(29)17(2)28-13-10-19(11-14-28)30-20-7-8-23-21(15-20)22(25)9-12-26-23/h3-9,12,15,17,19H,10-11,13-14H2,1-2H3,(H,27,29). The average molecular weight is 424 g/mol. The van der Waals surface area contributed by atoms with Gasteiger partial charge >= 0.3 is 0 Å². The van der Waals surface area contributed by atoms with E-state index in [0.717, 1.165) is 48.3 Å². The van der Waals surface area contributed by atoms with Crippen LogP contribution in [0.2, 0.25) is 5.02 Å². The molecule has 1 fully saturated rings. The number of carbonyl (C=O) groups excluding carboxylic acids is 1. The Morgan fingerprint density at radius 3 is 2.63 bits per heavy atom. The van der Waals surface area contributed by atoms with Gasteiger partial charge in [0.05, 0.1) is 16.6 Å². The van der Waals surface area contributed by atoms with Crippen molar-refractivity contribution in [2.24, 2.45) is 0 Å². The maximum Gasteiger partial charge on any atom is 0.241 e. The van der Waals surface area contributed by atoms with Crippen molar-refractivity contribution in [2.75, 3.05) is 18.4 Å². The van der Waals surface area contributed by atoms with Gasteiger partial charge in [0.2, 0.25) is 5.91 Å². The van der Waals surface area contributed by atoms with Crippen molar-refractivity contribution >= 4 is 34.1 Å². The number of aromatic nitrogens is 1. The topological polar surface area (TPSA) is 54.5 Å². The molecule has 1 aliphatic heterocycles. The van der Waals surface area contributed by atoms with Crippen LogP contribution in [0.3, 0.4) is 0 Å². The molecule has 5 nitrogen and oxygen atoms in total. The van der Waals surface area contributed by atoms with Gasteiger partial charge in [-0.25, -0.2) is 0 Å². The number of piperidine rings is 1. The van der Waals surface area contributed by atoms with E-state index >= 15 is 0 Å². The molecule has 1 atom stereocenters. The molecule has 1 unspecified atom stereocenters. The monoisotopic (exact) mass is 423 g/mol. The van der Waals surface area contributed by atoms with Gasteiger partial charge in [-0.1, -0.05) is 29.3 Å². The number of nitrogens with zero attached hydrogens (tertiary/aromatic N) is 2. The highest BCUT2D eigenvalue weighted by Crippen LogP contribution is 2.28. The van der Waals surface area contributed by atoms with E-state index in [4.69, 9.17) is 16.3 Å². The Balaban J connectivity index is 1.31. The quantitative estimate of drug-likeness (QED) is 0.622. The summed E-state index contributed by atoms with van der Waals surface area (Å²) in [6, 6.07) is 15.3. The summed E-state index contributed by atoms with van der Waals surface area (Å²) in [6.07, 6.45) is 3.58. The molecule has 3 aromatic rings.